The predicted octanol–water partition coefficient (Wildman–Crippen LogP) is 1.49. The molecule has 0 rings (SSSR count). The Balaban J connectivity index is 3.32. The molecule has 72 valence electrons. The van der Waals surface area contributed by atoms with E-state index in [2.05, 4.69) is 0 Å². The highest BCUT2D eigenvalue weighted by molar-refractivity contribution is 5.69. The lowest BCUT2D eigenvalue weighted by Gasteiger charge is -2.11. The molecule has 0 aromatic heterocycles. The van der Waals surface area contributed by atoms with Gasteiger partial charge in [-0.15, -0.1) is 0 Å². The van der Waals surface area contributed by atoms with Gasteiger partial charge in [0, 0.05) is 13.0 Å². The van der Waals surface area contributed by atoms with E-state index in [1.165, 1.54) is 0 Å². The van der Waals surface area contributed by atoms with E-state index < -0.39 is 0 Å². The summed E-state index contributed by atoms with van der Waals surface area (Å²) in [6.45, 7) is 3.88. The minimum Gasteiger partial charge on any atom is -0.463 e. The number of hydrogen-bond acceptors (Lipinski definition) is 3. The molecule has 3 heteroatoms. The van der Waals surface area contributed by atoms with Gasteiger partial charge in [0.1, 0.15) is 0 Å². The van der Waals surface area contributed by atoms with Crippen molar-refractivity contribution >= 4 is 5.97 Å². The summed E-state index contributed by atoms with van der Waals surface area (Å²) in [6.07, 6.45) is 2.96. The molecule has 12 heavy (non-hydrogen) atoms. The lowest BCUT2D eigenvalue weighted by Crippen LogP contribution is -2.13. The lowest BCUT2D eigenvalue weighted by molar-refractivity contribution is -0.148. The van der Waals surface area contributed by atoms with Crippen LogP contribution in [0, 0.1) is 0 Å². The van der Waals surface area contributed by atoms with E-state index in [-0.39, 0.29) is 18.7 Å². The molecule has 0 radical (unpaired) electrons. The van der Waals surface area contributed by atoms with Crippen LogP contribution in [0.4, 0.5) is 0 Å². The molecule has 0 bridgehead atoms. The standard InChI is InChI=1S/C9H18O3/c1-3-9(11)12-8(2)6-4-5-7-10/h8,10H,3-7H2,1-2H3/t8-/m1/s1. The average Bonchev–Trinajstić information content (AvgIpc) is 2.05. The number of hydrogen-bond donors (Lipinski definition) is 1. The number of carbonyl (C=O) groups excluding carboxylic acids is 1. The van der Waals surface area contributed by atoms with Gasteiger partial charge in [-0.25, -0.2) is 0 Å². The zero-order chi connectivity index (χ0) is 9.40. The van der Waals surface area contributed by atoms with Crippen LogP contribution in [-0.2, 0) is 9.53 Å². The van der Waals surface area contributed by atoms with Crippen molar-refractivity contribution in [1.29, 1.82) is 0 Å². The molecule has 0 heterocycles. The maximum Gasteiger partial charge on any atom is 0.305 e. The third kappa shape index (κ3) is 6.16. The number of carbonyl (C=O) groups is 1. The van der Waals surface area contributed by atoms with Crippen LogP contribution in [0.1, 0.15) is 39.5 Å². The van der Waals surface area contributed by atoms with Gasteiger partial charge in [-0.2, -0.15) is 0 Å². The molecule has 0 fully saturated rings. The molecule has 0 aliphatic heterocycles. The van der Waals surface area contributed by atoms with Crippen molar-refractivity contribution in [1.82, 2.24) is 0 Å². The first-order valence-corrected chi connectivity index (χ1v) is 4.51. The number of unbranched alkanes of at least 4 members (excludes halogenated alkanes) is 1. The minimum atomic E-state index is -0.147. The molecule has 0 saturated carbocycles. The second-order valence-corrected chi connectivity index (χ2v) is 2.87. The van der Waals surface area contributed by atoms with Crippen LogP contribution in [0.3, 0.4) is 0 Å². The maximum absolute atomic E-state index is 10.8. The van der Waals surface area contributed by atoms with Gasteiger partial charge in [0.2, 0.25) is 0 Å². The van der Waals surface area contributed by atoms with Gasteiger partial charge in [0.05, 0.1) is 6.10 Å². The SMILES string of the molecule is CCC(=O)O[C@H](C)CCCCO. The first-order chi connectivity index (χ1) is 5.70. The third-order valence-corrected chi connectivity index (χ3v) is 1.64. The summed E-state index contributed by atoms with van der Waals surface area (Å²) in [5.74, 6) is -0.147. The molecule has 0 saturated heterocycles. The summed E-state index contributed by atoms with van der Waals surface area (Å²) in [4.78, 5) is 10.8. The molecule has 0 aliphatic carbocycles. The fraction of sp³-hybridized carbons (Fsp3) is 0.889. The van der Waals surface area contributed by atoms with Crippen LogP contribution in [0.15, 0.2) is 0 Å². The molecule has 0 spiro atoms. The van der Waals surface area contributed by atoms with Crippen molar-refractivity contribution in [3.8, 4) is 0 Å². The molecule has 3 nitrogen and oxygen atoms in total. The lowest BCUT2D eigenvalue weighted by atomic mass is 10.2. The zero-order valence-electron chi connectivity index (χ0n) is 7.88. The molecule has 1 N–H and O–H groups in total. The molecule has 1 atom stereocenters. The van der Waals surface area contributed by atoms with Gasteiger partial charge in [0.15, 0.2) is 0 Å². The quantitative estimate of drug-likeness (QED) is 0.490. The molecule has 0 aromatic carbocycles. The third-order valence-electron chi connectivity index (χ3n) is 1.64. The predicted molar refractivity (Wildman–Crippen MR) is 46.8 cm³/mol. The maximum atomic E-state index is 10.8. The number of esters is 1. The van der Waals surface area contributed by atoms with Gasteiger partial charge in [-0.3, -0.25) is 4.79 Å². The largest absolute Gasteiger partial charge is 0.463 e. The smallest absolute Gasteiger partial charge is 0.305 e. The Morgan fingerprint density at radius 2 is 2.17 bits per heavy atom. The van der Waals surface area contributed by atoms with Gasteiger partial charge < -0.3 is 9.84 Å². The number of ether oxygens (including phenoxy) is 1. The van der Waals surface area contributed by atoms with Crippen molar-refractivity contribution in [2.45, 2.75) is 45.6 Å². The number of aliphatic hydroxyl groups excluding tert-OH is 1. The van der Waals surface area contributed by atoms with Crippen LogP contribution in [0.5, 0.6) is 0 Å². The first-order valence-electron chi connectivity index (χ1n) is 4.51. The topological polar surface area (TPSA) is 46.5 Å². The minimum absolute atomic E-state index is 0.0102. The normalized spacial score (nSPS) is 12.6. The highest BCUT2D eigenvalue weighted by Gasteiger charge is 2.06. The van der Waals surface area contributed by atoms with E-state index in [0.29, 0.717) is 6.42 Å². The van der Waals surface area contributed by atoms with E-state index in [9.17, 15) is 4.79 Å². The molecule has 0 aliphatic rings. The summed E-state index contributed by atoms with van der Waals surface area (Å²) >= 11 is 0. The second-order valence-electron chi connectivity index (χ2n) is 2.87. The second kappa shape index (κ2) is 7.10. The molecular weight excluding hydrogens is 156 g/mol. The molecular formula is C9H18O3. The molecule has 0 amide bonds. The van der Waals surface area contributed by atoms with E-state index in [1.807, 2.05) is 6.92 Å². The van der Waals surface area contributed by atoms with Crippen molar-refractivity contribution < 1.29 is 14.6 Å². The zero-order valence-corrected chi connectivity index (χ0v) is 7.88. The summed E-state index contributed by atoms with van der Waals surface area (Å²) in [7, 11) is 0. The summed E-state index contributed by atoms with van der Waals surface area (Å²) in [6, 6.07) is 0. The Bertz CT molecular complexity index is 123. The summed E-state index contributed by atoms with van der Waals surface area (Å²) < 4.78 is 5.03. The van der Waals surface area contributed by atoms with Crippen LogP contribution in [0.2, 0.25) is 0 Å². The van der Waals surface area contributed by atoms with Crippen molar-refractivity contribution in [3.05, 3.63) is 0 Å². The highest BCUT2D eigenvalue weighted by atomic mass is 16.5. The summed E-state index contributed by atoms with van der Waals surface area (Å²) in [5, 5.41) is 8.50. The highest BCUT2D eigenvalue weighted by Crippen LogP contribution is 2.04. The Labute approximate surface area is 73.7 Å². The van der Waals surface area contributed by atoms with E-state index in [0.717, 1.165) is 19.3 Å². The number of aliphatic hydroxyl groups is 1. The Hall–Kier alpha value is -0.570. The van der Waals surface area contributed by atoms with Crippen molar-refractivity contribution in [2.24, 2.45) is 0 Å². The van der Waals surface area contributed by atoms with Gasteiger partial charge in [-0.05, 0) is 26.2 Å². The number of rotatable bonds is 6. The monoisotopic (exact) mass is 174 g/mol. The van der Waals surface area contributed by atoms with Gasteiger partial charge >= 0.3 is 5.97 Å². The van der Waals surface area contributed by atoms with Crippen LogP contribution in [-0.4, -0.2) is 23.8 Å². The van der Waals surface area contributed by atoms with Crippen molar-refractivity contribution in [3.63, 3.8) is 0 Å². The van der Waals surface area contributed by atoms with E-state index in [1.54, 1.807) is 6.92 Å². The molecule has 0 aromatic rings. The average molecular weight is 174 g/mol. The van der Waals surface area contributed by atoms with Crippen molar-refractivity contribution in [2.75, 3.05) is 6.61 Å². The Morgan fingerprint density at radius 3 is 2.67 bits per heavy atom. The van der Waals surface area contributed by atoms with E-state index >= 15 is 0 Å². The van der Waals surface area contributed by atoms with Crippen LogP contribution >= 0.6 is 0 Å². The fourth-order valence-electron chi connectivity index (χ4n) is 0.910. The van der Waals surface area contributed by atoms with Crippen LogP contribution in [0.25, 0.3) is 0 Å². The Kier molecular flexibility index (Phi) is 6.76. The Morgan fingerprint density at radius 1 is 1.50 bits per heavy atom. The van der Waals surface area contributed by atoms with Gasteiger partial charge in [0.25, 0.3) is 0 Å². The molecule has 0 unspecified atom stereocenters. The van der Waals surface area contributed by atoms with Crippen LogP contribution < -0.4 is 0 Å². The first kappa shape index (κ1) is 11.4. The fourth-order valence-corrected chi connectivity index (χ4v) is 0.910. The summed E-state index contributed by atoms with van der Waals surface area (Å²) in [5.41, 5.74) is 0. The van der Waals surface area contributed by atoms with Gasteiger partial charge in [-0.1, -0.05) is 6.92 Å². The van der Waals surface area contributed by atoms with E-state index in [4.69, 9.17) is 9.84 Å².